The van der Waals surface area contributed by atoms with E-state index in [2.05, 4.69) is 10.6 Å². The maximum absolute atomic E-state index is 12.5. The number of carbonyl (C=O) groups excluding carboxylic acids is 2. The highest BCUT2D eigenvalue weighted by Crippen LogP contribution is 2.25. The van der Waals surface area contributed by atoms with E-state index in [0.29, 0.717) is 17.3 Å². The van der Waals surface area contributed by atoms with E-state index < -0.39 is 5.41 Å². The summed E-state index contributed by atoms with van der Waals surface area (Å²) < 4.78 is 0. The first kappa shape index (κ1) is 18.0. The summed E-state index contributed by atoms with van der Waals surface area (Å²) in [4.78, 5) is 25.0. The van der Waals surface area contributed by atoms with E-state index in [1.54, 1.807) is 32.0 Å². The largest absolute Gasteiger partial charge is 0.351 e. The van der Waals surface area contributed by atoms with Gasteiger partial charge in [-0.1, -0.05) is 48.0 Å². The lowest BCUT2D eigenvalue weighted by Gasteiger charge is -2.23. The van der Waals surface area contributed by atoms with Crippen molar-refractivity contribution in [3.05, 3.63) is 64.7 Å². The lowest BCUT2D eigenvalue weighted by molar-refractivity contribution is -0.138. The maximum atomic E-state index is 12.5. The molecule has 2 rings (SSSR count). The molecule has 0 spiro atoms. The van der Waals surface area contributed by atoms with Crippen molar-refractivity contribution >= 4 is 29.1 Å². The van der Waals surface area contributed by atoms with Crippen LogP contribution < -0.4 is 10.6 Å². The predicted octanol–water partition coefficient (Wildman–Crippen LogP) is 3.93. The van der Waals surface area contributed by atoms with Gasteiger partial charge in [-0.15, -0.1) is 0 Å². The molecule has 0 saturated heterocycles. The number of anilines is 1. The molecule has 0 unspecified atom stereocenters. The Morgan fingerprint density at radius 1 is 1.00 bits per heavy atom. The van der Waals surface area contributed by atoms with Crippen LogP contribution in [0.25, 0.3) is 0 Å². The van der Waals surface area contributed by atoms with Gasteiger partial charge in [0.15, 0.2) is 0 Å². The van der Waals surface area contributed by atoms with E-state index in [1.807, 2.05) is 37.3 Å². The molecule has 0 aliphatic heterocycles. The van der Waals surface area contributed by atoms with Crippen LogP contribution in [0.15, 0.2) is 48.5 Å². The number of hydrogen-bond donors (Lipinski definition) is 2. The number of halogens is 1. The minimum Gasteiger partial charge on any atom is -0.351 e. The Morgan fingerprint density at radius 3 is 2.33 bits per heavy atom. The summed E-state index contributed by atoms with van der Waals surface area (Å²) in [5, 5.41) is 6.16. The average molecular weight is 345 g/mol. The molecular weight excluding hydrogens is 324 g/mol. The van der Waals surface area contributed by atoms with E-state index in [4.69, 9.17) is 11.6 Å². The summed E-state index contributed by atoms with van der Waals surface area (Å²) in [6.07, 6.45) is 0. The van der Waals surface area contributed by atoms with Crippen LogP contribution >= 0.6 is 11.6 Å². The van der Waals surface area contributed by atoms with Gasteiger partial charge < -0.3 is 10.6 Å². The first-order chi connectivity index (χ1) is 11.3. The summed E-state index contributed by atoms with van der Waals surface area (Å²) in [5.41, 5.74) is 1.15. The van der Waals surface area contributed by atoms with E-state index in [0.717, 1.165) is 11.1 Å². The molecule has 126 valence electrons. The molecule has 2 amide bonds. The summed E-state index contributed by atoms with van der Waals surface area (Å²) >= 11 is 6.06. The highest BCUT2D eigenvalue weighted by atomic mass is 35.5. The van der Waals surface area contributed by atoms with Crippen molar-refractivity contribution in [3.8, 4) is 0 Å². The number of rotatable bonds is 5. The van der Waals surface area contributed by atoms with Crippen LogP contribution in [0.4, 0.5) is 5.69 Å². The fraction of sp³-hybridized carbons (Fsp3) is 0.263. The molecule has 4 nitrogen and oxygen atoms in total. The smallest absolute Gasteiger partial charge is 0.239 e. The number of amides is 2. The summed E-state index contributed by atoms with van der Waals surface area (Å²) in [6.45, 7) is 5.40. The van der Waals surface area contributed by atoms with Crippen LogP contribution in [0.2, 0.25) is 5.02 Å². The van der Waals surface area contributed by atoms with Crippen LogP contribution in [0, 0.1) is 12.3 Å². The van der Waals surface area contributed by atoms with E-state index in [-0.39, 0.29) is 11.8 Å². The minimum absolute atomic E-state index is 0.330. The van der Waals surface area contributed by atoms with Crippen LogP contribution in [-0.2, 0) is 16.1 Å². The Hall–Kier alpha value is -2.33. The number of carbonyl (C=O) groups is 2. The van der Waals surface area contributed by atoms with Crippen molar-refractivity contribution in [1.29, 1.82) is 0 Å². The second kappa shape index (κ2) is 7.49. The van der Waals surface area contributed by atoms with Gasteiger partial charge in [0.2, 0.25) is 11.8 Å². The monoisotopic (exact) mass is 344 g/mol. The zero-order chi connectivity index (χ0) is 17.7. The SMILES string of the molecule is Cc1c(Cl)cccc1NC(=O)C(C)(C)C(=O)NCc1ccccc1. The predicted molar refractivity (Wildman–Crippen MR) is 96.9 cm³/mol. The Labute approximate surface area is 147 Å². The van der Waals surface area contributed by atoms with Crippen molar-refractivity contribution in [1.82, 2.24) is 5.32 Å². The topological polar surface area (TPSA) is 58.2 Å². The normalized spacial score (nSPS) is 11.0. The van der Waals surface area contributed by atoms with Crippen molar-refractivity contribution in [2.75, 3.05) is 5.32 Å². The molecule has 0 aliphatic carbocycles. The number of nitrogens with one attached hydrogen (secondary N) is 2. The highest BCUT2D eigenvalue weighted by molar-refractivity contribution is 6.31. The van der Waals surface area contributed by atoms with Crippen LogP contribution in [-0.4, -0.2) is 11.8 Å². The first-order valence-electron chi connectivity index (χ1n) is 7.71. The molecule has 0 aliphatic rings. The molecule has 0 saturated carbocycles. The Kier molecular flexibility index (Phi) is 5.62. The van der Waals surface area contributed by atoms with Gasteiger partial charge in [-0.05, 0) is 44.0 Å². The van der Waals surface area contributed by atoms with Crippen LogP contribution in [0.3, 0.4) is 0 Å². The van der Waals surface area contributed by atoms with Crippen molar-refractivity contribution in [2.24, 2.45) is 5.41 Å². The Balaban J connectivity index is 2.03. The maximum Gasteiger partial charge on any atom is 0.239 e. The lowest BCUT2D eigenvalue weighted by atomic mass is 9.90. The Bertz CT molecular complexity index is 742. The molecular formula is C19H21ClN2O2. The van der Waals surface area contributed by atoms with E-state index >= 15 is 0 Å². The van der Waals surface area contributed by atoms with Gasteiger partial charge in [0.05, 0.1) is 0 Å². The Morgan fingerprint density at radius 2 is 1.67 bits per heavy atom. The van der Waals surface area contributed by atoms with Gasteiger partial charge in [0.1, 0.15) is 5.41 Å². The van der Waals surface area contributed by atoms with Crippen molar-refractivity contribution in [2.45, 2.75) is 27.3 Å². The quantitative estimate of drug-likeness (QED) is 0.807. The second-order valence-corrected chi connectivity index (χ2v) is 6.57. The lowest BCUT2D eigenvalue weighted by Crippen LogP contribution is -2.45. The second-order valence-electron chi connectivity index (χ2n) is 6.16. The van der Waals surface area contributed by atoms with Crippen LogP contribution in [0.1, 0.15) is 25.0 Å². The van der Waals surface area contributed by atoms with Gasteiger partial charge in [-0.25, -0.2) is 0 Å². The third kappa shape index (κ3) is 4.15. The molecule has 0 heterocycles. The third-order valence-corrected chi connectivity index (χ3v) is 4.36. The van der Waals surface area contributed by atoms with Crippen molar-refractivity contribution in [3.63, 3.8) is 0 Å². The summed E-state index contributed by atoms with van der Waals surface area (Å²) in [7, 11) is 0. The molecule has 24 heavy (non-hydrogen) atoms. The first-order valence-corrected chi connectivity index (χ1v) is 8.09. The summed E-state index contributed by atoms with van der Waals surface area (Å²) in [5.74, 6) is -0.707. The van der Waals surface area contributed by atoms with Gasteiger partial charge in [-0.3, -0.25) is 9.59 Å². The van der Waals surface area contributed by atoms with Crippen LogP contribution in [0.5, 0.6) is 0 Å². The van der Waals surface area contributed by atoms with E-state index in [9.17, 15) is 9.59 Å². The molecule has 0 aromatic heterocycles. The van der Waals surface area contributed by atoms with Gasteiger partial charge in [0.25, 0.3) is 0 Å². The molecule has 2 aromatic carbocycles. The number of benzene rings is 2. The van der Waals surface area contributed by atoms with E-state index in [1.165, 1.54) is 0 Å². The fourth-order valence-electron chi connectivity index (χ4n) is 2.12. The molecule has 0 atom stereocenters. The molecule has 2 aromatic rings. The summed E-state index contributed by atoms with van der Waals surface area (Å²) in [6, 6.07) is 14.8. The zero-order valence-corrected chi connectivity index (χ0v) is 14.8. The fourth-order valence-corrected chi connectivity index (χ4v) is 2.30. The van der Waals surface area contributed by atoms with Gasteiger partial charge in [-0.2, -0.15) is 0 Å². The van der Waals surface area contributed by atoms with Gasteiger partial charge >= 0.3 is 0 Å². The molecule has 0 fully saturated rings. The molecule has 5 heteroatoms. The third-order valence-electron chi connectivity index (χ3n) is 3.95. The molecule has 2 N–H and O–H groups in total. The van der Waals surface area contributed by atoms with Crippen molar-refractivity contribution < 1.29 is 9.59 Å². The number of hydrogen-bond acceptors (Lipinski definition) is 2. The highest BCUT2D eigenvalue weighted by Gasteiger charge is 2.36. The molecule has 0 radical (unpaired) electrons. The van der Waals surface area contributed by atoms with Gasteiger partial charge in [0, 0.05) is 17.3 Å². The zero-order valence-electron chi connectivity index (χ0n) is 14.0. The minimum atomic E-state index is -1.20. The average Bonchev–Trinajstić information content (AvgIpc) is 2.57. The standard InChI is InChI=1S/C19H21ClN2O2/c1-13-15(20)10-7-11-16(13)22-18(24)19(2,3)17(23)21-12-14-8-5-4-6-9-14/h4-11H,12H2,1-3H3,(H,21,23)(H,22,24). The molecule has 0 bridgehead atoms.